The molecular formula is C21H17F5NO2P. The predicted molar refractivity (Wildman–Crippen MR) is 104 cm³/mol. The molecule has 0 bridgehead atoms. The van der Waals surface area contributed by atoms with Gasteiger partial charge in [0.15, 0.2) is 23.3 Å². The van der Waals surface area contributed by atoms with E-state index in [-0.39, 0.29) is 12.2 Å². The summed E-state index contributed by atoms with van der Waals surface area (Å²) in [7, 11) is -4.73. The molecule has 0 spiro atoms. The van der Waals surface area contributed by atoms with Gasteiger partial charge in [-0.3, -0.25) is 4.57 Å². The molecule has 3 aromatic carbocycles. The van der Waals surface area contributed by atoms with E-state index in [1.165, 1.54) is 19.1 Å². The Bertz CT molecular complexity index is 1050. The summed E-state index contributed by atoms with van der Waals surface area (Å²) >= 11 is 0. The van der Waals surface area contributed by atoms with Gasteiger partial charge in [-0.05, 0) is 24.6 Å². The molecule has 0 saturated carbocycles. The van der Waals surface area contributed by atoms with Gasteiger partial charge in [-0.2, -0.15) is 0 Å². The first-order valence-electron chi connectivity index (χ1n) is 8.94. The zero-order valence-corrected chi connectivity index (χ0v) is 16.6. The zero-order valence-electron chi connectivity index (χ0n) is 15.7. The van der Waals surface area contributed by atoms with Crippen molar-refractivity contribution >= 4 is 18.4 Å². The van der Waals surface area contributed by atoms with Crippen LogP contribution in [0.2, 0.25) is 0 Å². The van der Waals surface area contributed by atoms with Crippen LogP contribution in [0.3, 0.4) is 0 Å². The highest BCUT2D eigenvalue weighted by Crippen LogP contribution is 2.60. The van der Waals surface area contributed by atoms with E-state index in [9.17, 15) is 26.5 Å². The van der Waals surface area contributed by atoms with Crippen molar-refractivity contribution in [2.45, 2.75) is 12.7 Å². The number of nitrogens with one attached hydrogen (secondary N) is 1. The van der Waals surface area contributed by atoms with Crippen LogP contribution in [0.4, 0.5) is 27.6 Å². The maximum Gasteiger partial charge on any atom is 0.264 e. The van der Waals surface area contributed by atoms with Gasteiger partial charge < -0.3 is 9.84 Å². The van der Waals surface area contributed by atoms with Crippen LogP contribution in [0, 0.1) is 29.1 Å². The van der Waals surface area contributed by atoms with E-state index in [1.54, 1.807) is 48.5 Å². The van der Waals surface area contributed by atoms with Crippen molar-refractivity contribution in [3.05, 3.63) is 95.3 Å². The first-order chi connectivity index (χ1) is 14.3. The van der Waals surface area contributed by atoms with E-state index in [1.807, 2.05) is 0 Å². The van der Waals surface area contributed by atoms with Gasteiger partial charge in [0.25, 0.3) is 7.37 Å². The fourth-order valence-electron chi connectivity index (χ4n) is 3.02. The van der Waals surface area contributed by atoms with E-state index >= 15 is 0 Å². The van der Waals surface area contributed by atoms with Crippen LogP contribution >= 0.6 is 7.37 Å². The summed E-state index contributed by atoms with van der Waals surface area (Å²) in [6.45, 7) is 1.11. The number of hydrogen-bond acceptors (Lipinski definition) is 3. The van der Waals surface area contributed by atoms with Crippen molar-refractivity contribution in [2.24, 2.45) is 0 Å². The van der Waals surface area contributed by atoms with Gasteiger partial charge in [-0.25, -0.2) is 22.0 Å². The molecule has 30 heavy (non-hydrogen) atoms. The van der Waals surface area contributed by atoms with Gasteiger partial charge in [-0.1, -0.05) is 48.5 Å². The molecular weight excluding hydrogens is 424 g/mol. The largest absolute Gasteiger partial charge is 0.370 e. The molecule has 0 radical (unpaired) electrons. The van der Waals surface area contributed by atoms with E-state index in [4.69, 9.17) is 4.52 Å². The summed E-state index contributed by atoms with van der Waals surface area (Å²) < 4.78 is 89.9. The number of benzene rings is 3. The SMILES string of the molecule is CCO[P@](=O)(c1c(F)c(F)c(F)c(F)c1F)[C@H](Nc1ccccc1)c1ccccc1. The third-order valence-electron chi connectivity index (χ3n) is 4.35. The summed E-state index contributed by atoms with van der Waals surface area (Å²) in [6, 6.07) is 16.1. The average molecular weight is 441 g/mol. The Morgan fingerprint density at radius 3 is 1.77 bits per heavy atom. The fourth-order valence-corrected chi connectivity index (χ4v) is 5.57. The monoisotopic (exact) mass is 441 g/mol. The van der Waals surface area contributed by atoms with Gasteiger partial charge in [-0.15, -0.1) is 0 Å². The molecule has 2 atom stereocenters. The average Bonchev–Trinajstić information content (AvgIpc) is 2.76. The fraction of sp³-hybridized carbons (Fsp3) is 0.143. The minimum Gasteiger partial charge on any atom is -0.370 e. The Hall–Kier alpha value is -2.70. The molecule has 0 aliphatic rings. The van der Waals surface area contributed by atoms with E-state index in [0.717, 1.165) is 0 Å². The summed E-state index contributed by atoms with van der Waals surface area (Å²) in [5.41, 5.74) is 0.692. The van der Waals surface area contributed by atoms with Crippen LogP contribution < -0.4 is 10.6 Å². The number of hydrogen-bond donors (Lipinski definition) is 1. The van der Waals surface area contributed by atoms with Crippen molar-refractivity contribution in [3.8, 4) is 0 Å². The number of para-hydroxylation sites is 1. The van der Waals surface area contributed by atoms with Crippen LogP contribution in [0.15, 0.2) is 60.7 Å². The minimum absolute atomic E-state index is 0.280. The second-order valence-corrected chi connectivity index (χ2v) is 8.67. The van der Waals surface area contributed by atoms with Gasteiger partial charge >= 0.3 is 0 Å². The molecule has 9 heteroatoms. The standard InChI is InChI=1S/C21H17F5NO2P/c1-2-29-30(28,20-18(25)16(23)15(22)17(24)19(20)26)21(13-9-5-3-6-10-13)27-14-11-7-4-8-12-14/h3-12,21,27H,2H2,1H3/t21-,30+/m0/s1. The second-order valence-electron chi connectivity index (χ2n) is 6.26. The summed E-state index contributed by atoms with van der Waals surface area (Å²) in [5.74, 6) is -12.5. The third-order valence-corrected chi connectivity index (χ3v) is 7.12. The van der Waals surface area contributed by atoms with Gasteiger partial charge in [0.1, 0.15) is 11.1 Å². The van der Waals surface area contributed by atoms with E-state index in [2.05, 4.69) is 5.32 Å². The Morgan fingerprint density at radius 2 is 1.27 bits per heavy atom. The molecule has 0 fully saturated rings. The normalized spacial score (nSPS) is 14.2. The third kappa shape index (κ3) is 3.98. The molecule has 0 unspecified atom stereocenters. The minimum atomic E-state index is -4.73. The molecule has 0 saturated heterocycles. The smallest absolute Gasteiger partial charge is 0.264 e. The Labute approximate surface area is 170 Å². The van der Waals surface area contributed by atoms with Crippen molar-refractivity contribution in [3.63, 3.8) is 0 Å². The van der Waals surface area contributed by atoms with Crippen molar-refractivity contribution < 1.29 is 31.0 Å². The quantitative estimate of drug-likeness (QED) is 0.207. The van der Waals surface area contributed by atoms with Gasteiger partial charge in [0, 0.05) is 5.69 Å². The lowest BCUT2D eigenvalue weighted by Crippen LogP contribution is -2.28. The number of anilines is 1. The Kier molecular flexibility index (Phi) is 6.58. The summed E-state index contributed by atoms with van der Waals surface area (Å²) in [5, 5.41) is 1.39. The molecule has 0 aliphatic heterocycles. The predicted octanol–water partition coefficient (Wildman–Crippen LogP) is 6.13. The molecule has 158 valence electrons. The number of rotatable bonds is 7. The Balaban J connectivity index is 2.29. The topological polar surface area (TPSA) is 38.3 Å². The highest BCUT2D eigenvalue weighted by atomic mass is 31.2. The van der Waals surface area contributed by atoms with Crippen molar-refractivity contribution in [1.82, 2.24) is 0 Å². The molecule has 0 amide bonds. The summed E-state index contributed by atoms with van der Waals surface area (Å²) in [4.78, 5) is 0. The molecule has 0 heterocycles. The van der Waals surface area contributed by atoms with Crippen LogP contribution in [-0.4, -0.2) is 6.61 Å². The molecule has 1 N–H and O–H groups in total. The first-order valence-corrected chi connectivity index (χ1v) is 10.6. The van der Waals surface area contributed by atoms with Crippen LogP contribution in [0.1, 0.15) is 18.3 Å². The van der Waals surface area contributed by atoms with Crippen LogP contribution in [0.5, 0.6) is 0 Å². The highest BCUT2D eigenvalue weighted by molar-refractivity contribution is 7.67. The van der Waals surface area contributed by atoms with Gasteiger partial charge in [0.05, 0.1) is 6.61 Å². The summed E-state index contributed by atoms with van der Waals surface area (Å²) in [6.07, 6.45) is 0. The van der Waals surface area contributed by atoms with Crippen LogP contribution in [-0.2, 0) is 9.09 Å². The second kappa shape index (κ2) is 8.98. The maximum absolute atomic E-state index is 14.6. The van der Waals surface area contributed by atoms with Crippen molar-refractivity contribution in [1.29, 1.82) is 0 Å². The first kappa shape index (κ1) is 22.0. The number of halogens is 5. The Morgan fingerprint density at radius 1 is 0.800 bits per heavy atom. The lowest BCUT2D eigenvalue weighted by Gasteiger charge is -2.30. The van der Waals surface area contributed by atoms with Crippen molar-refractivity contribution in [2.75, 3.05) is 11.9 Å². The van der Waals surface area contributed by atoms with E-state index < -0.39 is 47.5 Å². The van der Waals surface area contributed by atoms with Gasteiger partial charge in [0.2, 0.25) is 5.82 Å². The zero-order chi connectivity index (χ0) is 21.9. The lowest BCUT2D eigenvalue weighted by molar-refractivity contribution is 0.330. The molecule has 3 rings (SSSR count). The highest BCUT2D eigenvalue weighted by Gasteiger charge is 2.45. The lowest BCUT2D eigenvalue weighted by atomic mass is 10.2. The molecule has 0 aliphatic carbocycles. The molecule has 3 nitrogen and oxygen atoms in total. The van der Waals surface area contributed by atoms with E-state index in [0.29, 0.717) is 5.69 Å². The molecule has 0 aromatic heterocycles. The maximum atomic E-state index is 14.6. The molecule has 3 aromatic rings. The van der Waals surface area contributed by atoms with Crippen LogP contribution in [0.25, 0.3) is 0 Å².